The summed E-state index contributed by atoms with van der Waals surface area (Å²) in [6.07, 6.45) is 3.51. The molecule has 0 heterocycles. The number of nitriles is 1. The van der Waals surface area contributed by atoms with Crippen LogP contribution in [0.5, 0.6) is 23.0 Å². The average Bonchev–Trinajstić information content (AvgIpc) is 2.93. The number of hydrogen-bond donors (Lipinski definition) is 0. The van der Waals surface area contributed by atoms with Crippen LogP contribution in [0, 0.1) is 17.2 Å². The van der Waals surface area contributed by atoms with E-state index in [1.807, 2.05) is 36.4 Å². The maximum atomic E-state index is 11.8. The van der Waals surface area contributed by atoms with Crippen molar-refractivity contribution in [3.8, 4) is 29.1 Å². The highest BCUT2D eigenvalue weighted by Crippen LogP contribution is 2.40. The molecule has 0 N–H and O–H groups in total. The molecular weight excluding hydrogens is 548 g/mol. The zero-order valence-corrected chi connectivity index (χ0v) is 26.8. The van der Waals surface area contributed by atoms with Gasteiger partial charge in [-0.25, -0.2) is 8.42 Å². The van der Waals surface area contributed by atoms with Crippen LogP contribution >= 0.6 is 10.8 Å². The maximum Gasteiger partial charge on any atom is 0.198 e. The normalized spacial score (nSPS) is 14.6. The number of methoxy groups -OCH3 is 4. The van der Waals surface area contributed by atoms with Crippen LogP contribution in [0.25, 0.3) is 0 Å². The van der Waals surface area contributed by atoms with E-state index in [9.17, 15) is 13.7 Å². The summed E-state index contributed by atoms with van der Waals surface area (Å²) in [5.74, 6) is 3.18. The van der Waals surface area contributed by atoms with Gasteiger partial charge < -0.3 is 23.4 Å². The van der Waals surface area contributed by atoms with Gasteiger partial charge in [0, 0.05) is 12.7 Å². The van der Waals surface area contributed by atoms with Crippen LogP contribution in [0.1, 0.15) is 37.8 Å². The molecule has 2 atom stereocenters. The van der Waals surface area contributed by atoms with E-state index < -0.39 is 14.3 Å². The SMILES string of the molecule is COc1ccc(CC[N@@+](C)(CCC[C@@](C#N)(c2ccc(OC)c(OC)c2)C(C)C)CCSS(C)(=O)=O)cc1OC. The Balaban J connectivity index is 2.27. The standard InChI is InChI=1S/C30H45N2O6S2/c1-23(2)30(22-31,25-11-13-27(36-5)29(21-25)38-7)15-9-16-32(3,18-19-39-40(8,33)34)17-14-24-10-12-26(35-4)28(20-24)37-6/h10-13,20-21,23H,9,14-19H2,1-8H3/q+1/t30-,32+/m0/s1. The van der Waals surface area contributed by atoms with Gasteiger partial charge in [0.2, 0.25) is 0 Å². The molecule has 2 aromatic rings. The Morgan fingerprint density at radius 2 is 1.48 bits per heavy atom. The van der Waals surface area contributed by atoms with Crippen molar-refractivity contribution in [3.63, 3.8) is 0 Å². The monoisotopic (exact) mass is 593 g/mol. The summed E-state index contributed by atoms with van der Waals surface area (Å²) in [5.41, 5.74) is 1.33. The molecule has 222 valence electrons. The number of quaternary nitrogens is 1. The van der Waals surface area contributed by atoms with Gasteiger partial charge in [0.1, 0.15) is 0 Å². The highest BCUT2D eigenvalue weighted by Gasteiger charge is 2.37. The molecule has 0 bridgehead atoms. The topological polar surface area (TPSA) is 94.9 Å². The number of rotatable bonds is 17. The van der Waals surface area contributed by atoms with Gasteiger partial charge in [0.25, 0.3) is 0 Å². The predicted octanol–water partition coefficient (Wildman–Crippen LogP) is 5.30. The number of nitrogens with zero attached hydrogens (tertiary/aromatic N) is 2. The number of hydrogen-bond acceptors (Lipinski definition) is 8. The van der Waals surface area contributed by atoms with Gasteiger partial charge in [0.05, 0.1) is 72.4 Å². The molecule has 0 saturated heterocycles. The van der Waals surface area contributed by atoms with E-state index in [1.54, 1.807) is 28.4 Å². The first kappa shape index (κ1) is 33.6. The van der Waals surface area contributed by atoms with Crippen LogP contribution in [0.4, 0.5) is 0 Å². The van der Waals surface area contributed by atoms with Crippen molar-refractivity contribution < 1.29 is 31.8 Å². The molecule has 8 nitrogen and oxygen atoms in total. The van der Waals surface area contributed by atoms with Crippen LogP contribution in [0.15, 0.2) is 36.4 Å². The van der Waals surface area contributed by atoms with Crippen molar-refractivity contribution in [2.24, 2.45) is 5.92 Å². The summed E-state index contributed by atoms with van der Waals surface area (Å²) in [6.45, 7) is 6.47. The zero-order chi connectivity index (χ0) is 30.0. The second kappa shape index (κ2) is 14.9. The van der Waals surface area contributed by atoms with Gasteiger partial charge in [0.15, 0.2) is 31.9 Å². The Hall–Kier alpha value is -2.61. The number of likely N-dealkylation sites (N-methyl/N-ethyl adjacent to an activating group) is 1. The molecule has 2 aromatic carbocycles. The van der Waals surface area contributed by atoms with Gasteiger partial charge >= 0.3 is 0 Å². The van der Waals surface area contributed by atoms with E-state index in [1.165, 1.54) is 6.26 Å². The lowest BCUT2D eigenvalue weighted by Crippen LogP contribution is -2.48. The van der Waals surface area contributed by atoms with Gasteiger partial charge in [-0.15, -0.1) is 0 Å². The Kier molecular flexibility index (Phi) is 12.5. The summed E-state index contributed by atoms with van der Waals surface area (Å²) in [5, 5.41) is 10.5. The van der Waals surface area contributed by atoms with Gasteiger partial charge in [-0.2, -0.15) is 5.26 Å². The van der Waals surface area contributed by atoms with E-state index in [4.69, 9.17) is 18.9 Å². The first-order valence-electron chi connectivity index (χ1n) is 13.4. The minimum absolute atomic E-state index is 0.0712. The molecule has 0 fully saturated rings. The minimum Gasteiger partial charge on any atom is -0.493 e. The molecule has 0 aromatic heterocycles. The van der Waals surface area contributed by atoms with E-state index in [2.05, 4.69) is 27.0 Å². The summed E-state index contributed by atoms with van der Waals surface area (Å²) in [7, 11) is 6.47. The average molecular weight is 594 g/mol. The Labute approximate surface area is 244 Å². The van der Waals surface area contributed by atoms with Crippen molar-refractivity contribution in [2.45, 2.75) is 38.5 Å². The maximum absolute atomic E-state index is 11.8. The summed E-state index contributed by atoms with van der Waals surface area (Å²) < 4.78 is 46.1. The van der Waals surface area contributed by atoms with E-state index in [0.717, 1.165) is 47.9 Å². The third-order valence-electron chi connectivity index (χ3n) is 7.67. The second-order valence-corrected chi connectivity index (χ2v) is 15.2. The lowest BCUT2D eigenvalue weighted by molar-refractivity contribution is -0.907. The van der Waals surface area contributed by atoms with E-state index in [0.29, 0.717) is 46.2 Å². The Morgan fingerprint density at radius 1 is 0.900 bits per heavy atom. The van der Waals surface area contributed by atoms with Gasteiger partial charge in [-0.3, -0.25) is 0 Å². The van der Waals surface area contributed by atoms with Gasteiger partial charge in [-0.1, -0.05) is 26.0 Å². The van der Waals surface area contributed by atoms with Gasteiger partial charge in [-0.05, 0) is 64.9 Å². The first-order valence-corrected chi connectivity index (χ1v) is 16.8. The van der Waals surface area contributed by atoms with Crippen molar-refractivity contribution >= 4 is 19.7 Å². The van der Waals surface area contributed by atoms with Crippen LogP contribution in [0.2, 0.25) is 0 Å². The summed E-state index contributed by atoms with van der Waals surface area (Å²) in [6, 6.07) is 14.3. The smallest absolute Gasteiger partial charge is 0.198 e. The molecule has 0 unspecified atom stereocenters. The fourth-order valence-corrected chi connectivity index (χ4v) is 7.00. The molecular formula is C30H45N2O6S2+. The van der Waals surface area contributed by atoms with Crippen LogP contribution in [-0.4, -0.2) is 80.0 Å². The number of ether oxygens (including phenoxy) is 4. The lowest BCUT2D eigenvalue weighted by Gasteiger charge is -2.37. The molecule has 0 spiro atoms. The third kappa shape index (κ3) is 8.95. The molecule has 10 heteroatoms. The third-order valence-corrected chi connectivity index (χ3v) is 10.2. The molecule has 0 aliphatic rings. The predicted molar refractivity (Wildman–Crippen MR) is 162 cm³/mol. The molecule has 0 aliphatic heterocycles. The second-order valence-electron chi connectivity index (χ2n) is 10.7. The molecule has 40 heavy (non-hydrogen) atoms. The zero-order valence-electron chi connectivity index (χ0n) is 25.2. The van der Waals surface area contributed by atoms with Crippen LogP contribution in [0.3, 0.4) is 0 Å². The molecule has 0 radical (unpaired) electrons. The highest BCUT2D eigenvalue weighted by atomic mass is 33.1. The fourth-order valence-electron chi connectivity index (χ4n) is 5.05. The highest BCUT2D eigenvalue weighted by molar-refractivity contribution is 8.71. The quantitative estimate of drug-likeness (QED) is 0.180. The summed E-state index contributed by atoms with van der Waals surface area (Å²) in [4.78, 5) is 0. The summed E-state index contributed by atoms with van der Waals surface area (Å²) >= 11 is 0. The fraction of sp³-hybridized carbons (Fsp3) is 0.567. The van der Waals surface area contributed by atoms with Crippen LogP contribution in [-0.2, 0) is 20.7 Å². The van der Waals surface area contributed by atoms with Crippen molar-refractivity contribution in [1.82, 2.24) is 0 Å². The lowest BCUT2D eigenvalue weighted by atomic mass is 9.69. The van der Waals surface area contributed by atoms with Crippen molar-refractivity contribution in [2.75, 3.05) is 67.1 Å². The largest absolute Gasteiger partial charge is 0.493 e. The molecule has 0 aliphatic carbocycles. The number of benzene rings is 2. The molecule has 0 amide bonds. The van der Waals surface area contributed by atoms with Crippen LogP contribution < -0.4 is 18.9 Å². The molecule has 0 saturated carbocycles. The first-order chi connectivity index (χ1) is 18.9. The Morgan fingerprint density at radius 3 is 2.00 bits per heavy atom. The Bertz CT molecular complexity index is 1260. The van der Waals surface area contributed by atoms with Crippen molar-refractivity contribution in [3.05, 3.63) is 47.5 Å². The van der Waals surface area contributed by atoms with E-state index in [-0.39, 0.29) is 5.92 Å². The van der Waals surface area contributed by atoms with E-state index >= 15 is 0 Å². The van der Waals surface area contributed by atoms with Crippen molar-refractivity contribution in [1.29, 1.82) is 5.26 Å². The minimum atomic E-state index is -3.13. The molecule has 2 rings (SSSR count).